The van der Waals surface area contributed by atoms with Crippen LogP contribution in [0.5, 0.6) is 0 Å². The minimum atomic E-state index is -4.58. The van der Waals surface area contributed by atoms with Gasteiger partial charge in [-0.1, -0.05) is 13.8 Å². The van der Waals surface area contributed by atoms with E-state index in [2.05, 4.69) is 15.6 Å². The van der Waals surface area contributed by atoms with E-state index in [4.69, 9.17) is 5.73 Å². The molecule has 0 spiro atoms. The van der Waals surface area contributed by atoms with Crippen LogP contribution in [0, 0.1) is 14.8 Å². The summed E-state index contributed by atoms with van der Waals surface area (Å²) in [4.78, 5) is 18.0. The molecule has 1 aromatic carbocycles. The van der Waals surface area contributed by atoms with Gasteiger partial charge in [0.2, 0.25) is 0 Å². The molecule has 0 saturated heterocycles. The molecular weight excluding hydrogens is 609 g/mol. The molecule has 0 fully saturated rings. The quantitative estimate of drug-likeness (QED) is 0.232. The fourth-order valence-electron chi connectivity index (χ4n) is 4.16. The zero-order valence-electron chi connectivity index (χ0n) is 20.1. The third-order valence-electron chi connectivity index (χ3n) is 5.71. The van der Waals surface area contributed by atoms with E-state index in [1.54, 1.807) is 26.0 Å². The molecule has 0 bridgehead atoms. The molecule has 0 saturated carbocycles. The van der Waals surface area contributed by atoms with E-state index in [0.717, 1.165) is 17.5 Å². The van der Waals surface area contributed by atoms with Crippen molar-refractivity contribution in [2.45, 2.75) is 52.4 Å². The molecule has 0 radical (unpaired) electrons. The first-order valence-corrected chi connectivity index (χ1v) is 13.0. The molecule has 4 rings (SSSR count). The first-order valence-electron chi connectivity index (χ1n) is 11.1. The first-order chi connectivity index (χ1) is 16.6. The van der Waals surface area contributed by atoms with Crippen molar-refractivity contribution in [1.29, 1.82) is 0 Å². The number of nitrogens with one attached hydrogen (secondary N) is 2. The maximum absolute atomic E-state index is 14.7. The number of alkyl halides is 3. The van der Waals surface area contributed by atoms with Crippen LogP contribution >= 0.6 is 33.9 Å². The highest BCUT2D eigenvalue weighted by atomic mass is 127. The SMILES string of the molecule is CC(C)(N)CNC(=O)c1c(Nc2ccc(I)cc2F)sc2c1CC(C)(C)Cn1c(C(F)(F)F)cnc1-2. The Morgan fingerprint density at radius 2 is 2.00 bits per heavy atom. The van der Waals surface area contributed by atoms with Crippen molar-refractivity contribution in [3.05, 3.63) is 50.6 Å². The van der Waals surface area contributed by atoms with Crippen molar-refractivity contribution in [3.63, 3.8) is 0 Å². The lowest BCUT2D eigenvalue weighted by molar-refractivity contribution is -0.144. The Balaban J connectivity index is 1.91. The zero-order chi connectivity index (χ0) is 26.6. The van der Waals surface area contributed by atoms with E-state index in [9.17, 15) is 22.4 Å². The summed E-state index contributed by atoms with van der Waals surface area (Å²) in [7, 11) is 0. The fraction of sp³-hybridized carbons (Fsp3) is 0.417. The number of rotatable bonds is 5. The topological polar surface area (TPSA) is 85.0 Å². The predicted octanol–water partition coefficient (Wildman–Crippen LogP) is 6.17. The number of hydrogen-bond acceptors (Lipinski definition) is 5. The molecule has 0 aliphatic carbocycles. The molecule has 3 aromatic rings. The number of imidazole rings is 1. The van der Waals surface area contributed by atoms with E-state index < -0.39 is 34.5 Å². The van der Waals surface area contributed by atoms with Gasteiger partial charge in [0.15, 0.2) is 5.82 Å². The van der Waals surface area contributed by atoms with Crippen molar-refractivity contribution in [2.75, 3.05) is 11.9 Å². The second kappa shape index (κ2) is 9.28. The van der Waals surface area contributed by atoms with Gasteiger partial charge in [0, 0.05) is 22.2 Å². The monoisotopic (exact) mass is 635 g/mol. The van der Waals surface area contributed by atoms with Gasteiger partial charge in [0.1, 0.15) is 16.5 Å². The number of aromatic nitrogens is 2. The number of amides is 1. The van der Waals surface area contributed by atoms with Gasteiger partial charge in [-0.25, -0.2) is 9.37 Å². The van der Waals surface area contributed by atoms with Crippen molar-refractivity contribution < 1.29 is 22.4 Å². The number of nitrogens with zero attached hydrogens (tertiary/aromatic N) is 2. The van der Waals surface area contributed by atoms with Gasteiger partial charge in [-0.2, -0.15) is 13.2 Å². The van der Waals surface area contributed by atoms with Crippen LogP contribution in [0.3, 0.4) is 0 Å². The maximum Gasteiger partial charge on any atom is 0.433 e. The van der Waals surface area contributed by atoms with E-state index in [1.807, 2.05) is 36.4 Å². The van der Waals surface area contributed by atoms with Crippen LogP contribution in [0.25, 0.3) is 10.7 Å². The summed E-state index contributed by atoms with van der Waals surface area (Å²) in [5.74, 6) is -0.815. The number of carbonyl (C=O) groups excluding carboxylic acids is 1. The standard InChI is InChI=1S/C24H26F4IN5OS/c1-22(2)8-13-17(20(35)32-10-23(3,4)30)21(33-15-6-5-12(29)7-14(15)25)36-18(13)19-31-9-16(24(26,27)28)34(19)11-22/h5-7,9,33H,8,10-11,30H2,1-4H3,(H,32,35). The summed E-state index contributed by atoms with van der Waals surface area (Å²) < 4.78 is 57.9. The highest BCUT2D eigenvalue weighted by molar-refractivity contribution is 14.1. The average molecular weight is 635 g/mol. The Labute approximate surface area is 223 Å². The third-order valence-corrected chi connectivity index (χ3v) is 7.52. The molecular formula is C24H26F4IN5OS. The molecule has 0 atom stereocenters. The molecule has 36 heavy (non-hydrogen) atoms. The van der Waals surface area contributed by atoms with Gasteiger partial charge in [-0.05, 0) is 72.0 Å². The molecule has 0 unspecified atom stereocenters. The maximum atomic E-state index is 14.7. The Hall–Kier alpha value is -2.19. The Morgan fingerprint density at radius 1 is 1.31 bits per heavy atom. The van der Waals surface area contributed by atoms with Gasteiger partial charge in [0.05, 0.1) is 22.3 Å². The molecule has 6 nitrogen and oxygen atoms in total. The number of anilines is 2. The smallest absolute Gasteiger partial charge is 0.350 e. The number of thiophene rings is 1. The number of halogens is 5. The van der Waals surface area contributed by atoms with Crippen molar-refractivity contribution in [1.82, 2.24) is 14.9 Å². The number of carbonyl (C=O) groups is 1. The summed E-state index contributed by atoms with van der Waals surface area (Å²) in [6.45, 7) is 7.47. The summed E-state index contributed by atoms with van der Waals surface area (Å²) in [6, 6.07) is 4.62. The van der Waals surface area contributed by atoms with Crippen LogP contribution in [0.1, 0.15) is 49.3 Å². The van der Waals surface area contributed by atoms with E-state index >= 15 is 0 Å². The Kier molecular flexibility index (Phi) is 6.92. The summed E-state index contributed by atoms with van der Waals surface area (Å²) in [5.41, 5.74) is 4.87. The number of benzene rings is 1. The van der Waals surface area contributed by atoms with Gasteiger partial charge in [-0.3, -0.25) is 4.79 Å². The molecule has 2 aromatic heterocycles. The predicted molar refractivity (Wildman–Crippen MR) is 141 cm³/mol. The first kappa shape index (κ1) is 26.9. The van der Waals surface area contributed by atoms with Gasteiger partial charge >= 0.3 is 6.18 Å². The highest BCUT2D eigenvalue weighted by Gasteiger charge is 2.41. The van der Waals surface area contributed by atoms with E-state index in [0.29, 0.717) is 25.4 Å². The average Bonchev–Trinajstić information content (AvgIpc) is 3.25. The summed E-state index contributed by atoms with van der Waals surface area (Å²) in [5, 5.41) is 6.16. The normalized spacial score (nSPS) is 15.2. The lowest BCUT2D eigenvalue weighted by atomic mass is 9.85. The minimum Gasteiger partial charge on any atom is -0.350 e. The Morgan fingerprint density at radius 3 is 2.61 bits per heavy atom. The van der Waals surface area contributed by atoms with E-state index in [1.165, 1.54) is 10.6 Å². The number of fused-ring (bicyclic) bond motifs is 3. The van der Waals surface area contributed by atoms with Crippen LogP contribution in [0.15, 0.2) is 24.4 Å². The molecule has 1 aliphatic heterocycles. The zero-order valence-corrected chi connectivity index (χ0v) is 23.1. The van der Waals surface area contributed by atoms with Crippen LogP contribution in [-0.2, 0) is 19.1 Å². The number of hydrogen-bond donors (Lipinski definition) is 3. The molecule has 194 valence electrons. The fourth-order valence-corrected chi connectivity index (χ4v) is 5.85. The Bertz CT molecular complexity index is 1320. The van der Waals surface area contributed by atoms with Gasteiger partial charge in [0.25, 0.3) is 5.91 Å². The molecule has 3 heterocycles. The van der Waals surface area contributed by atoms with Crippen molar-refractivity contribution in [2.24, 2.45) is 11.1 Å². The van der Waals surface area contributed by atoms with Gasteiger partial charge < -0.3 is 20.9 Å². The van der Waals surface area contributed by atoms with Crippen LogP contribution in [0.4, 0.5) is 28.3 Å². The minimum absolute atomic E-state index is 0.0734. The van der Waals surface area contributed by atoms with Crippen LogP contribution in [0.2, 0.25) is 0 Å². The van der Waals surface area contributed by atoms with E-state index in [-0.39, 0.29) is 30.2 Å². The molecule has 1 amide bonds. The second-order valence-electron chi connectivity index (χ2n) is 10.4. The number of nitrogens with two attached hydrogens (primary N) is 1. The molecule has 4 N–H and O–H groups in total. The van der Waals surface area contributed by atoms with Crippen LogP contribution in [-0.4, -0.2) is 27.5 Å². The van der Waals surface area contributed by atoms with Gasteiger partial charge in [-0.15, -0.1) is 11.3 Å². The summed E-state index contributed by atoms with van der Waals surface area (Å²) in [6.07, 6.45) is -3.44. The second-order valence-corrected chi connectivity index (χ2v) is 12.7. The van der Waals surface area contributed by atoms with Crippen molar-refractivity contribution in [3.8, 4) is 10.7 Å². The highest BCUT2D eigenvalue weighted by Crippen LogP contribution is 2.48. The molecule has 1 aliphatic rings. The van der Waals surface area contributed by atoms with Crippen LogP contribution < -0.4 is 16.4 Å². The third kappa shape index (κ3) is 5.54. The van der Waals surface area contributed by atoms with Crippen molar-refractivity contribution >= 4 is 50.5 Å². The lowest BCUT2D eigenvalue weighted by Crippen LogP contribution is -2.45. The lowest BCUT2D eigenvalue weighted by Gasteiger charge is -2.25. The summed E-state index contributed by atoms with van der Waals surface area (Å²) >= 11 is 3.08. The largest absolute Gasteiger partial charge is 0.433 e. The molecule has 12 heteroatoms.